The van der Waals surface area contributed by atoms with Crippen molar-refractivity contribution in [2.24, 2.45) is 5.73 Å². The first kappa shape index (κ1) is 19.1. The third-order valence-corrected chi connectivity index (χ3v) is 2.69. The van der Waals surface area contributed by atoms with Gasteiger partial charge in [0.05, 0.1) is 6.61 Å². The number of ether oxygens (including phenoxy) is 2. The van der Waals surface area contributed by atoms with Crippen molar-refractivity contribution in [3.63, 3.8) is 0 Å². The van der Waals surface area contributed by atoms with Gasteiger partial charge in [-0.2, -0.15) is 26.3 Å². The van der Waals surface area contributed by atoms with E-state index in [1.54, 1.807) is 0 Å². The molecule has 0 unspecified atom stereocenters. The van der Waals surface area contributed by atoms with E-state index in [2.05, 4.69) is 9.47 Å². The highest BCUT2D eigenvalue weighted by Crippen LogP contribution is 2.38. The van der Waals surface area contributed by atoms with Crippen molar-refractivity contribution in [2.45, 2.75) is 31.4 Å². The minimum absolute atomic E-state index is 0.358. The summed E-state index contributed by atoms with van der Waals surface area (Å²) in [7, 11) is 0. The maximum Gasteiger partial charge on any atom is 0.461 e. The first-order chi connectivity index (χ1) is 10.5. The summed E-state index contributed by atoms with van der Waals surface area (Å²) < 4.78 is 85.9. The molecule has 0 amide bonds. The molecule has 1 aromatic carbocycles. The zero-order chi connectivity index (χ0) is 17.8. The zero-order valence-corrected chi connectivity index (χ0v) is 11.7. The van der Waals surface area contributed by atoms with Crippen LogP contribution in [0.3, 0.4) is 0 Å². The Morgan fingerprint density at radius 1 is 1.22 bits per heavy atom. The van der Waals surface area contributed by atoms with E-state index >= 15 is 0 Å². The highest BCUT2D eigenvalue weighted by molar-refractivity contribution is 5.79. The molecule has 0 aliphatic heterocycles. The van der Waals surface area contributed by atoms with Gasteiger partial charge in [-0.3, -0.25) is 0 Å². The monoisotopic (exact) mass is 345 g/mol. The molecule has 0 fully saturated rings. The third-order valence-electron chi connectivity index (χ3n) is 2.69. The molecular weight excluding hydrogens is 332 g/mol. The second-order valence-corrected chi connectivity index (χ2v) is 4.32. The van der Waals surface area contributed by atoms with Gasteiger partial charge < -0.3 is 15.2 Å². The molecule has 23 heavy (non-hydrogen) atoms. The number of benzene rings is 1. The molecule has 0 spiro atoms. The lowest BCUT2D eigenvalue weighted by Gasteiger charge is -2.25. The van der Waals surface area contributed by atoms with Gasteiger partial charge in [0.15, 0.2) is 0 Å². The molecule has 2 N–H and O–H groups in total. The van der Waals surface area contributed by atoms with E-state index in [-0.39, 0.29) is 6.61 Å². The van der Waals surface area contributed by atoms with Crippen LogP contribution in [0.2, 0.25) is 0 Å². The van der Waals surface area contributed by atoms with Crippen LogP contribution in [0.5, 0.6) is 5.75 Å². The van der Waals surface area contributed by atoms with Gasteiger partial charge in [0.2, 0.25) is 0 Å². The van der Waals surface area contributed by atoms with Crippen molar-refractivity contribution in [3.05, 3.63) is 29.8 Å². The van der Waals surface area contributed by atoms with Crippen LogP contribution in [0.25, 0.3) is 0 Å². The van der Waals surface area contributed by atoms with Crippen LogP contribution >= 0.6 is 0 Å². The van der Waals surface area contributed by atoms with Crippen molar-refractivity contribution >= 4 is 5.97 Å². The number of hydrogen-bond donors (Lipinski definition) is 1. The maximum absolute atomic E-state index is 13.9. The van der Waals surface area contributed by atoms with E-state index in [1.165, 1.54) is 6.92 Å². The lowest BCUT2D eigenvalue weighted by molar-refractivity contribution is -0.253. The van der Waals surface area contributed by atoms with Crippen molar-refractivity contribution < 1.29 is 40.6 Å². The molecule has 0 radical (unpaired) electrons. The lowest BCUT2D eigenvalue weighted by Crippen LogP contribution is -2.42. The predicted octanol–water partition coefficient (Wildman–Crippen LogP) is 3.12. The van der Waals surface area contributed by atoms with Gasteiger partial charge >= 0.3 is 24.4 Å². The Labute approximate surface area is 127 Å². The molecule has 0 aliphatic carbocycles. The quantitative estimate of drug-likeness (QED) is 0.609. The van der Waals surface area contributed by atoms with E-state index in [0.29, 0.717) is 0 Å². The SMILES string of the molecule is CCOC(=O)C(F)(F)[C@H](N)c1ccccc1OC(F)(F)C(F)F. The second kappa shape index (κ2) is 7.07. The number of alkyl halides is 6. The Kier molecular flexibility index (Phi) is 5.86. The normalized spacial score (nSPS) is 13.8. The maximum atomic E-state index is 13.9. The van der Waals surface area contributed by atoms with Crippen LogP contribution < -0.4 is 10.5 Å². The Morgan fingerprint density at radius 2 is 1.78 bits per heavy atom. The minimum atomic E-state index is -4.91. The Morgan fingerprint density at radius 3 is 2.30 bits per heavy atom. The molecule has 0 aliphatic rings. The molecule has 0 aromatic heterocycles. The summed E-state index contributed by atoms with van der Waals surface area (Å²) in [6.07, 6.45) is -9.09. The smallest absolute Gasteiger partial charge is 0.461 e. The first-order valence-electron chi connectivity index (χ1n) is 6.28. The van der Waals surface area contributed by atoms with Gasteiger partial charge in [0.25, 0.3) is 0 Å². The average molecular weight is 345 g/mol. The van der Waals surface area contributed by atoms with Crippen molar-refractivity contribution in [1.82, 2.24) is 0 Å². The number of carbonyl (C=O) groups excluding carboxylic acids is 1. The molecule has 1 aromatic rings. The topological polar surface area (TPSA) is 61.5 Å². The number of halogens is 6. The molecule has 4 nitrogen and oxygen atoms in total. The van der Waals surface area contributed by atoms with Gasteiger partial charge in [-0.25, -0.2) is 4.79 Å². The molecule has 0 saturated heterocycles. The van der Waals surface area contributed by atoms with Crippen LogP contribution in [0.4, 0.5) is 26.3 Å². The standard InChI is InChI=1S/C13H13F6NO3/c1-2-22-11(21)12(16,17)9(20)7-5-3-4-6-8(7)23-13(18,19)10(14)15/h3-6,9-10H,2,20H2,1H3/t9-/m1/s1. The largest absolute Gasteiger partial charge is 0.462 e. The molecule has 0 heterocycles. The molecule has 0 bridgehead atoms. The van der Waals surface area contributed by atoms with Crippen LogP contribution in [0.1, 0.15) is 18.5 Å². The fourth-order valence-electron chi connectivity index (χ4n) is 1.57. The van der Waals surface area contributed by atoms with E-state index < -0.39 is 41.8 Å². The number of carbonyl (C=O) groups is 1. The zero-order valence-electron chi connectivity index (χ0n) is 11.7. The van der Waals surface area contributed by atoms with Crippen LogP contribution in [0, 0.1) is 0 Å². The van der Waals surface area contributed by atoms with Crippen LogP contribution in [0.15, 0.2) is 24.3 Å². The van der Waals surface area contributed by atoms with Crippen molar-refractivity contribution in [1.29, 1.82) is 0 Å². The fraction of sp³-hybridized carbons (Fsp3) is 0.462. The Bertz CT molecular complexity index is 552. The summed E-state index contributed by atoms with van der Waals surface area (Å²) in [5.41, 5.74) is 4.49. The molecule has 10 heteroatoms. The Hall–Kier alpha value is -1.97. The van der Waals surface area contributed by atoms with Gasteiger partial charge in [-0.15, -0.1) is 0 Å². The number of hydrogen-bond acceptors (Lipinski definition) is 4. The molecule has 1 rings (SSSR count). The van der Waals surface area contributed by atoms with E-state index in [1.807, 2.05) is 0 Å². The fourth-order valence-corrected chi connectivity index (χ4v) is 1.57. The van der Waals surface area contributed by atoms with Gasteiger partial charge in [0, 0.05) is 5.56 Å². The number of rotatable bonds is 7. The lowest BCUT2D eigenvalue weighted by atomic mass is 10.0. The summed E-state index contributed by atoms with van der Waals surface area (Å²) in [5, 5.41) is 0. The van der Waals surface area contributed by atoms with Crippen LogP contribution in [-0.4, -0.2) is 31.0 Å². The second-order valence-electron chi connectivity index (χ2n) is 4.32. The van der Waals surface area contributed by atoms with E-state index in [4.69, 9.17) is 5.73 Å². The van der Waals surface area contributed by atoms with E-state index in [0.717, 1.165) is 24.3 Å². The van der Waals surface area contributed by atoms with Crippen LogP contribution in [-0.2, 0) is 9.53 Å². The Balaban J connectivity index is 3.16. The summed E-state index contributed by atoms with van der Waals surface area (Å²) >= 11 is 0. The molecule has 1 atom stereocenters. The number of nitrogens with two attached hydrogens (primary N) is 1. The van der Waals surface area contributed by atoms with Gasteiger partial charge in [0.1, 0.15) is 11.8 Å². The summed E-state index contributed by atoms with van der Waals surface area (Å²) in [6.45, 7) is 0.919. The summed E-state index contributed by atoms with van der Waals surface area (Å²) in [5.74, 6) is -7.23. The molecule has 0 saturated carbocycles. The highest BCUT2D eigenvalue weighted by Gasteiger charge is 2.50. The van der Waals surface area contributed by atoms with Crippen molar-refractivity contribution in [3.8, 4) is 5.75 Å². The number of para-hydroxylation sites is 1. The molecule has 130 valence electrons. The third kappa shape index (κ3) is 4.27. The van der Waals surface area contributed by atoms with Crippen molar-refractivity contribution in [2.75, 3.05) is 6.61 Å². The molecular formula is C13H13F6NO3. The van der Waals surface area contributed by atoms with Gasteiger partial charge in [-0.1, -0.05) is 18.2 Å². The predicted molar refractivity (Wildman–Crippen MR) is 66.5 cm³/mol. The summed E-state index contributed by atoms with van der Waals surface area (Å²) in [6, 6.07) is 1.42. The van der Waals surface area contributed by atoms with Gasteiger partial charge in [-0.05, 0) is 13.0 Å². The first-order valence-corrected chi connectivity index (χ1v) is 6.28. The van der Waals surface area contributed by atoms with E-state index in [9.17, 15) is 31.1 Å². The summed E-state index contributed by atoms with van der Waals surface area (Å²) in [4.78, 5) is 11.2. The number of esters is 1. The minimum Gasteiger partial charge on any atom is -0.462 e. The highest BCUT2D eigenvalue weighted by atomic mass is 19.3. The average Bonchev–Trinajstić information content (AvgIpc) is 2.46.